The van der Waals surface area contributed by atoms with Crippen LogP contribution in [0, 0.1) is 0 Å². The summed E-state index contributed by atoms with van der Waals surface area (Å²) in [5.74, 6) is -0.294. The van der Waals surface area contributed by atoms with E-state index in [9.17, 15) is 18.0 Å². The Kier molecular flexibility index (Phi) is 5.46. The minimum absolute atomic E-state index is 0.0238. The number of nitrogens with zero attached hydrogens (tertiary/aromatic N) is 1. The van der Waals surface area contributed by atoms with Crippen LogP contribution in [-0.2, 0) is 6.18 Å². The molecule has 4 nitrogen and oxygen atoms in total. The molecule has 2 aromatic rings. The number of halogens is 3. The summed E-state index contributed by atoms with van der Waals surface area (Å²) in [4.78, 5) is 16.2. The van der Waals surface area contributed by atoms with Crippen molar-refractivity contribution in [3.05, 3.63) is 41.1 Å². The van der Waals surface area contributed by atoms with E-state index >= 15 is 0 Å². The van der Waals surface area contributed by atoms with Crippen LogP contribution in [0.1, 0.15) is 59.6 Å². The number of nitrogens with one attached hydrogen (secondary N) is 1. The van der Waals surface area contributed by atoms with Crippen molar-refractivity contribution >= 4 is 16.8 Å². The first-order valence-corrected chi connectivity index (χ1v) is 8.81. The predicted molar refractivity (Wildman–Crippen MR) is 92.0 cm³/mol. The molecule has 0 spiro atoms. The van der Waals surface area contributed by atoms with Gasteiger partial charge in [-0.1, -0.05) is 6.07 Å². The van der Waals surface area contributed by atoms with Gasteiger partial charge in [-0.2, -0.15) is 13.2 Å². The summed E-state index contributed by atoms with van der Waals surface area (Å²) in [5.41, 5.74) is -0.304. The lowest BCUT2D eigenvalue weighted by Gasteiger charge is -2.13. The fourth-order valence-electron chi connectivity index (χ4n) is 2.96. The van der Waals surface area contributed by atoms with E-state index < -0.39 is 17.6 Å². The average molecular weight is 366 g/mol. The highest BCUT2D eigenvalue weighted by atomic mass is 19.4. The summed E-state index contributed by atoms with van der Waals surface area (Å²) in [5, 5.41) is 11.8. The third-order valence-corrected chi connectivity index (χ3v) is 4.52. The lowest BCUT2D eigenvalue weighted by atomic mass is 10.0. The molecule has 140 valence electrons. The second-order valence-electron chi connectivity index (χ2n) is 6.65. The Morgan fingerprint density at radius 3 is 2.62 bits per heavy atom. The van der Waals surface area contributed by atoms with Gasteiger partial charge in [0.05, 0.1) is 11.1 Å². The lowest BCUT2D eigenvalue weighted by molar-refractivity contribution is -0.136. The van der Waals surface area contributed by atoms with Gasteiger partial charge in [0.15, 0.2) is 0 Å². The fourth-order valence-corrected chi connectivity index (χ4v) is 2.96. The van der Waals surface area contributed by atoms with E-state index in [1.807, 2.05) is 0 Å². The zero-order chi connectivity index (χ0) is 18.7. The van der Waals surface area contributed by atoms with E-state index in [4.69, 9.17) is 5.11 Å². The molecule has 26 heavy (non-hydrogen) atoms. The molecule has 0 atom stereocenters. The minimum atomic E-state index is -4.52. The highest BCUT2D eigenvalue weighted by Gasteiger charge is 2.36. The van der Waals surface area contributed by atoms with Crippen LogP contribution in [0.5, 0.6) is 0 Å². The van der Waals surface area contributed by atoms with Gasteiger partial charge in [-0.15, -0.1) is 0 Å². The Hall–Kier alpha value is -2.15. The Morgan fingerprint density at radius 1 is 1.19 bits per heavy atom. The normalized spacial score (nSPS) is 14.6. The lowest BCUT2D eigenvalue weighted by Crippen LogP contribution is -2.25. The van der Waals surface area contributed by atoms with Gasteiger partial charge in [0.1, 0.15) is 5.69 Å². The number of pyridine rings is 1. The van der Waals surface area contributed by atoms with Crippen LogP contribution in [-0.4, -0.2) is 29.1 Å². The molecule has 1 saturated carbocycles. The summed E-state index contributed by atoms with van der Waals surface area (Å²) in [6.07, 6.45) is -0.583. The van der Waals surface area contributed by atoms with Crippen LogP contribution < -0.4 is 5.32 Å². The molecule has 7 heteroatoms. The summed E-state index contributed by atoms with van der Waals surface area (Å²) < 4.78 is 40.4. The largest absolute Gasteiger partial charge is 0.418 e. The maximum Gasteiger partial charge on any atom is 0.418 e. The molecule has 1 amide bonds. The third kappa shape index (κ3) is 4.33. The van der Waals surface area contributed by atoms with E-state index in [-0.39, 0.29) is 23.7 Å². The molecule has 1 fully saturated rings. The van der Waals surface area contributed by atoms with Crippen molar-refractivity contribution < 1.29 is 23.1 Å². The quantitative estimate of drug-likeness (QED) is 0.728. The molecule has 1 heterocycles. The second-order valence-corrected chi connectivity index (χ2v) is 6.65. The Balaban J connectivity index is 1.85. The van der Waals surface area contributed by atoms with Gasteiger partial charge in [-0.3, -0.25) is 4.79 Å². The molecule has 1 aromatic heterocycles. The van der Waals surface area contributed by atoms with Gasteiger partial charge in [0.25, 0.3) is 5.91 Å². The van der Waals surface area contributed by atoms with Crippen LogP contribution in [0.25, 0.3) is 10.9 Å². The van der Waals surface area contributed by atoms with Gasteiger partial charge in [-0.05, 0) is 61.8 Å². The Labute approximate surface area is 149 Å². The van der Waals surface area contributed by atoms with Crippen molar-refractivity contribution in [1.82, 2.24) is 10.3 Å². The number of aliphatic hydroxyl groups excluding tert-OH is 1. The molecule has 0 unspecified atom stereocenters. The van der Waals surface area contributed by atoms with Crippen molar-refractivity contribution in [3.8, 4) is 0 Å². The van der Waals surface area contributed by atoms with Crippen molar-refractivity contribution in [2.45, 2.75) is 44.2 Å². The highest BCUT2D eigenvalue weighted by molar-refractivity contribution is 5.95. The van der Waals surface area contributed by atoms with E-state index in [1.165, 1.54) is 18.2 Å². The maximum atomic E-state index is 13.5. The van der Waals surface area contributed by atoms with Gasteiger partial charge in [-0.25, -0.2) is 4.98 Å². The smallest absolute Gasteiger partial charge is 0.396 e. The number of hydrogen-bond donors (Lipinski definition) is 2. The van der Waals surface area contributed by atoms with E-state index in [0.717, 1.165) is 19.3 Å². The van der Waals surface area contributed by atoms with Crippen molar-refractivity contribution in [2.75, 3.05) is 13.2 Å². The number of benzene rings is 1. The second kappa shape index (κ2) is 7.61. The summed E-state index contributed by atoms with van der Waals surface area (Å²) >= 11 is 0. The number of carbonyl (C=O) groups excluding carboxylic acids is 1. The van der Waals surface area contributed by atoms with E-state index in [1.54, 1.807) is 6.07 Å². The first-order chi connectivity index (χ1) is 12.4. The third-order valence-electron chi connectivity index (χ3n) is 4.52. The topological polar surface area (TPSA) is 62.2 Å². The molecule has 3 rings (SSSR count). The zero-order valence-corrected chi connectivity index (χ0v) is 14.3. The van der Waals surface area contributed by atoms with Crippen LogP contribution in [0.15, 0.2) is 24.3 Å². The van der Waals surface area contributed by atoms with Crippen LogP contribution in [0.2, 0.25) is 0 Å². The molecule has 2 N–H and O–H groups in total. The summed E-state index contributed by atoms with van der Waals surface area (Å²) in [6.45, 7) is 0.495. The molecule has 0 radical (unpaired) electrons. The van der Waals surface area contributed by atoms with Gasteiger partial charge in [0, 0.05) is 18.5 Å². The highest BCUT2D eigenvalue weighted by Crippen LogP contribution is 2.44. The van der Waals surface area contributed by atoms with Crippen molar-refractivity contribution in [3.63, 3.8) is 0 Å². The molecular formula is C19H21F3N2O2. The first-order valence-electron chi connectivity index (χ1n) is 8.81. The number of hydrogen-bond acceptors (Lipinski definition) is 3. The molecule has 0 aliphatic heterocycles. The standard InChI is InChI=1S/C19H21F3N2O2/c20-19(21,22)15-11-14(12-4-5-12)10-13-6-7-16(24-17(13)15)18(26)23-8-2-1-3-9-25/h6-7,10-12,25H,1-5,8-9H2,(H,23,26). The number of unbranched alkanes of at least 4 members (excludes halogenated alkanes) is 2. The van der Waals surface area contributed by atoms with Crippen molar-refractivity contribution in [2.24, 2.45) is 0 Å². The van der Waals surface area contributed by atoms with Crippen LogP contribution in [0.4, 0.5) is 13.2 Å². The number of carbonyl (C=O) groups is 1. The monoisotopic (exact) mass is 366 g/mol. The van der Waals surface area contributed by atoms with Gasteiger partial charge < -0.3 is 10.4 Å². The molecular weight excluding hydrogens is 345 g/mol. The molecule has 0 saturated heterocycles. The Bertz CT molecular complexity index is 801. The van der Waals surface area contributed by atoms with Gasteiger partial charge >= 0.3 is 6.18 Å². The summed E-state index contributed by atoms with van der Waals surface area (Å²) in [7, 11) is 0. The van der Waals surface area contributed by atoms with Crippen LogP contribution >= 0.6 is 0 Å². The number of amides is 1. The maximum absolute atomic E-state index is 13.5. The first kappa shape index (κ1) is 18.6. The molecule has 1 aliphatic rings. The molecule has 1 aliphatic carbocycles. The van der Waals surface area contributed by atoms with Crippen LogP contribution in [0.3, 0.4) is 0 Å². The van der Waals surface area contributed by atoms with E-state index in [0.29, 0.717) is 30.3 Å². The number of alkyl halides is 3. The number of rotatable bonds is 7. The van der Waals surface area contributed by atoms with Gasteiger partial charge in [0.2, 0.25) is 0 Å². The number of aromatic nitrogens is 1. The van der Waals surface area contributed by atoms with Crippen molar-refractivity contribution in [1.29, 1.82) is 0 Å². The molecule has 1 aromatic carbocycles. The zero-order valence-electron chi connectivity index (χ0n) is 14.3. The number of fused-ring (bicyclic) bond motifs is 1. The summed E-state index contributed by atoms with van der Waals surface area (Å²) in [6, 6.07) is 5.90. The Morgan fingerprint density at radius 2 is 1.96 bits per heavy atom. The number of aliphatic hydroxyl groups is 1. The molecule has 0 bridgehead atoms. The fraction of sp³-hybridized carbons (Fsp3) is 0.474. The minimum Gasteiger partial charge on any atom is -0.396 e. The van der Waals surface area contributed by atoms with E-state index in [2.05, 4.69) is 10.3 Å². The SMILES string of the molecule is O=C(NCCCCCO)c1ccc2cc(C3CC3)cc(C(F)(F)F)c2n1. The predicted octanol–water partition coefficient (Wildman–Crippen LogP) is 4.02. The average Bonchev–Trinajstić information content (AvgIpc) is 3.44.